The lowest BCUT2D eigenvalue weighted by molar-refractivity contribution is -0.143. The fourth-order valence-electron chi connectivity index (χ4n) is 3.60. The van der Waals surface area contributed by atoms with Crippen LogP contribution in [0.15, 0.2) is 48.5 Å². The molecule has 1 aliphatic carbocycles. The van der Waals surface area contributed by atoms with E-state index in [0.29, 0.717) is 0 Å². The number of ether oxygens (including phenoxy) is 1. The van der Waals surface area contributed by atoms with Gasteiger partial charge in [-0.25, -0.2) is 4.79 Å². The molecule has 2 amide bonds. The van der Waals surface area contributed by atoms with Gasteiger partial charge in [0.2, 0.25) is 5.91 Å². The molecule has 29 heavy (non-hydrogen) atoms. The van der Waals surface area contributed by atoms with Gasteiger partial charge in [0.05, 0.1) is 0 Å². The first-order chi connectivity index (χ1) is 13.9. The summed E-state index contributed by atoms with van der Waals surface area (Å²) in [6.07, 6.45) is -0.610. The summed E-state index contributed by atoms with van der Waals surface area (Å²) < 4.78 is 5.45. The first-order valence-corrected chi connectivity index (χ1v) is 9.44. The number of carbonyl (C=O) groups is 3. The van der Waals surface area contributed by atoms with Crippen molar-refractivity contribution in [2.24, 2.45) is 0 Å². The summed E-state index contributed by atoms with van der Waals surface area (Å²) in [5.74, 6) is -1.48. The van der Waals surface area contributed by atoms with Gasteiger partial charge in [0, 0.05) is 25.4 Å². The zero-order valence-corrected chi connectivity index (χ0v) is 16.4. The predicted octanol–water partition coefficient (Wildman–Crippen LogP) is 2.85. The fourth-order valence-corrected chi connectivity index (χ4v) is 3.60. The van der Waals surface area contributed by atoms with Crippen LogP contribution < -0.4 is 5.32 Å². The summed E-state index contributed by atoms with van der Waals surface area (Å²) in [6, 6.07) is 15.7. The second-order valence-corrected chi connectivity index (χ2v) is 7.22. The molecule has 0 saturated heterocycles. The number of carboxylic acid groups (broad SMARTS) is 1. The SMILES string of the molecule is CC(CC(=O)N(C)CC(=O)O)NC(=O)OCC1c2ccccc2-c2ccccc21. The van der Waals surface area contributed by atoms with Crippen LogP contribution >= 0.6 is 0 Å². The van der Waals surface area contributed by atoms with E-state index in [0.717, 1.165) is 27.2 Å². The van der Waals surface area contributed by atoms with Crippen LogP contribution in [-0.2, 0) is 14.3 Å². The average Bonchev–Trinajstić information content (AvgIpc) is 2.99. The van der Waals surface area contributed by atoms with Crippen molar-refractivity contribution in [3.8, 4) is 11.1 Å². The molecule has 0 radical (unpaired) electrons. The molecule has 3 rings (SSSR count). The third-order valence-corrected chi connectivity index (χ3v) is 4.99. The molecule has 0 aromatic heterocycles. The molecule has 152 valence electrons. The van der Waals surface area contributed by atoms with Crippen molar-refractivity contribution in [3.05, 3.63) is 59.7 Å². The van der Waals surface area contributed by atoms with Gasteiger partial charge in [0.1, 0.15) is 13.2 Å². The molecule has 0 saturated carbocycles. The lowest BCUT2D eigenvalue weighted by Crippen LogP contribution is -2.40. The smallest absolute Gasteiger partial charge is 0.407 e. The van der Waals surface area contributed by atoms with E-state index < -0.39 is 18.1 Å². The highest BCUT2D eigenvalue weighted by Gasteiger charge is 2.29. The molecule has 0 spiro atoms. The van der Waals surface area contributed by atoms with E-state index in [4.69, 9.17) is 9.84 Å². The van der Waals surface area contributed by atoms with Crippen LogP contribution in [0.5, 0.6) is 0 Å². The summed E-state index contributed by atoms with van der Waals surface area (Å²) in [5.41, 5.74) is 4.55. The van der Waals surface area contributed by atoms with Crippen LogP contribution in [0, 0.1) is 0 Å². The van der Waals surface area contributed by atoms with E-state index >= 15 is 0 Å². The van der Waals surface area contributed by atoms with E-state index in [1.54, 1.807) is 6.92 Å². The Labute approximate surface area is 169 Å². The van der Waals surface area contributed by atoms with Crippen LogP contribution in [0.1, 0.15) is 30.4 Å². The summed E-state index contributed by atoms with van der Waals surface area (Å²) in [4.78, 5) is 36.0. The van der Waals surface area contributed by atoms with Gasteiger partial charge in [-0.1, -0.05) is 48.5 Å². The maximum absolute atomic E-state index is 12.2. The first-order valence-electron chi connectivity index (χ1n) is 9.44. The van der Waals surface area contributed by atoms with Crippen molar-refractivity contribution >= 4 is 18.0 Å². The zero-order valence-electron chi connectivity index (χ0n) is 16.4. The Balaban J connectivity index is 1.56. The van der Waals surface area contributed by atoms with Crippen molar-refractivity contribution in [3.63, 3.8) is 0 Å². The molecule has 0 fully saturated rings. The van der Waals surface area contributed by atoms with Gasteiger partial charge in [-0.2, -0.15) is 0 Å². The van der Waals surface area contributed by atoms with Gasteiger partial charge in [-0.3, -0.25) is 9.59 Å². The number of alkyl carbamates (subject to hydrolysis) is 1. The summed E-state index contributed by atoms with van der Waals surface area (Å²) in [7, 11) is 1.41. The standard InChI is InChI=1S/C22H24N2O5/c1-14(11-20(25)24(2)12-21(26)27)23-22(28)29-13-19-17-9-5-3-7-15(17)16-8-4-6-10-18(16)19/h3-10,14,19H,11-13H2,1-2H3,(H,23,28)(H,26,27). The number of likely N-dealkylation sites (N-methyl/N-ethyl adjacent to an activating group) is 1. The number of aliphatic carboxylic acids is 1. The summed E-state index contributed by atoms with van der Waals surface area (Å²) in [5, 5.41) is 11.4. The zero-order chi connectivity index (χ0) is 21.0. The van der Waals surface area contributed by atoms with Gasteiger partial charge in [0.15, 0.2) is 0 Å². The van der Waals surface area contributed by atoms with Crippen molar-refractivity contribution in [1.29, 1.82) is 0 Å². The molecule has 7 nitrogen and oxygen atoms in total. The van der Waals surface area contributed by atoms with Crippen molar-refractivity contribution in [1.82, 2.24) is 10.2 Å². The third-order valence-electron chi connectivity index (χ3n) is 4.99. The predicted molar refractivity (Wildman–Crippen MR) is 108 cm³/mol. The molecule has 2 N–H and O–H groups in total. The van der Waals surface area contributed by atoms with Gasteiger partial charge in [-0.15, -0.1) is 0 Å². The van der Waals surface area contributed by atoms with Crippen molar-refractivity contribution < 1.29 is 24.2 Å². The maximum Gasteiger partial charge on any atom is 0.407 e. The molecule has 0 bridgehead atoms. The molecular weight excluding hydrogens is 372 g/mol. The van der Waals surface area contributed by atoms with Gasteiger partial charge < -0.3 is 20.1 Å². The second kappa shape index (κ2) is 8.77. The molecule has 1 atom stereocenters. The summed E-state index contributed by atoms with van der Waals surface area (Å²) in [6.45, 7) is 1.49. The van der Waals surface area contributed by atoms with Crippen LogP contribution in [0.4, 0.5) is 4.79 Å². The minimum atomic E-state index is -1.09. The molecule has 0 heterocycles. The largest absolute Gasteiger partial charge is 0.480 e. The molecule has 1 unspecified atom stereocenters. The second-order valence-electron chi connectivity index (χ2n) is 7.22. The van der Waals surface area contributed by atoms with E-state index in [1.807, 2.05) is 36.4 Å². The lowest BCUT2D eigenvalue weighted by atomic mass is 9.98. The van der Waals surface area contributed by atoms with E-state index in [2.05, 4.69) is 17.4 Å². The molecule has 2 aromatic carbocycles. The number of hydrogen-bond acceptors (Lipinski definition) is 4. The minimum absolute atomic E-state index is 0.00598. The number of rotatable bonds is 7. The Morgan fingerprint density at radius 1 is 1.07 bits per heavy atom. The third kappa shape index (κ3) is 4.74. The molecule has 0 aliphatic heterocycles. The average molecular weight is 396 g/mol. The first kappa shape index (κ1) is 20.4. The number of nitrogens with zero attached hydrogens (tertiary/aromatic N) is 1. The molecule has 1 aliphatic rings. The van der Waals surface area contributed by atoms with Gasteiger partial charge in [-0.05, 0) is 29.2 Å². The lowest BCUT2D eigenvalue weighted by Gasteiger charge is -2.19. The maximum atomic E-state index is 12.2. The highest BCUT2D eigenvalue weighted by Crippen LogP contribution is 2.44. The monoisotopic (exact) mass is 396 g/mol. The normalized spacial score (nSPS) is 13.2. The van der Waals surface area contributed by atoms with Gasteiger partial charge in [0.25, 0.3) is 0 Å². The number of carboxylic acids is 1. The number of nitrogens with one attached hydrogen (secondary N) is 1. The van der Waals surface area contributed by atoms with E-state index in [-0.39, 0.29) is 31.4 Å². The molecule has 7 heteroatoms. The van der Waals surface area contributed by atoms with Crippen LogP contribution in [0.25, 0.3) is 11.1 Å². The van der Waals surface area contributed by atoms with Crippen LogP contribution in [0.3, 0.4) is 0 Å². The molecular formula is C22H24N2O5. The quantitative estimate of drug-likeness (QED) is 0.750. The Bertz CT molecular complexity index is 881. The Kier molecular flexibility index (Phi) is 6.16. The number of benzene rings is 2. The Morgan fingerprint density at radius 2 is 1.62 bits per heavy atom. The van der Waals surface area contributed by atoms with Gasteiger partial charge >= 0.3 is 12.1 Å². The van der Waals surface area contributed by atoms with Crippen LogP contribution in [0.2, 0.25) is 0 Å². The summed E-state index contributed by atoms with van der Waals surface area (Å²) >= 11 is 0. The topological polar surface area (TPSA) is 95.9 Å². The number of hydrogen-bond donors (Lipinski definition) is 2. The number of amides is 2. The minimum Gasteiger partial charge on any atom is -0.480 e. The van der Waals surface area contributed by atoms with E-state index in [9.17, 15) is 14.4 Å². The number of fused-ring (bicyclic) bond motifs is 3. The Morgan fingerprint density at radius 3 is 2.17 bits per heavy atom. The fraction of sp³-hybridized carbons (Fsp3) is 0.318. The van der Waals surface area contributed by atoms with Crippen molar-refractivity contribution in [2.45, 2.75) is 25.3 Å². The molecule has 2 aromatic rings. The number of carbonyl (C=O) groups excluding carboxylic acids is 2. The highest BCUT2D eigenvalue weighted by atomic mass is 16.5. The highest BCUT2D eigenvalue weighted by molar-refractivity contribution is 5.82. The van der Waals surface area contributed by atoms with Crippen molar-refractivity contribution in [2.75, 3.05) is 20.2 Å². The van der Waals surface area contributed by atoms with E-state index in [1.165, 1.54) is 7.05 Å². The Hall–Kier alpha value is -3.35. The van der Waals surface area contributed by atoms with Crippen LogP contribution in [-0.4, -0.2) is 54.2 Å².